The van der Waals surface area contributed by atoms with E-state index < -0.39 is 0 Å². The molecule has 0 aliphatic heterocycles. The Morgan fingerprint density at radius 3 is 2.76 bits per heavy atom. The Kier molecular flexibility index (Phi) is 3.23. The molecule has 0 bridgehead atoms. The monoisotopic (exact) mass is 285 g/mol. The highest BCUT2D eigenvalue weighted by molar-refractivity contribution is 5.78. The van der Waals surface area contributed by atoms with E-state index in [0.29, 0.717) is 28.5 Å². The number of nitrogens with zero attached hydrogens (tertiary/aromatic N) is 4. The Morgan fingerprint density at radius 2 is 2.00 bits per heavy atom. The Balaban J connectivity index is 2.21. The predicted molar refractivity (Wildman–Crippen MR) is 75.5 cm³/mol. The quantitative estimate of drug-likeness (QED) is 0.745. The number of halogens is 1. The second-order valence-corrected chi connectivity index (χ2v) is 4.32. The molecule has 21 heavy (non-hydrogen) atoms. The van der Waals surface area contributed by atoms with Crippen LogP contribution < -0.4 is 10.5 Å². The van der Waals surface area contributed by atoms with Crippen LogP contribution in [-0.4, -0.2) is 27.3 Å². The summed E-state index contributed by atoms with van der Waals surface area (Å²) in [6, 6.07) is 11.2. The summed E-state index contributed by atoms with van der Waals surface area (Å²) in [4.78, 5) is 0. The third-order valence-corrected chi connectivity index (χ3v) is 3.02. The van der Waals surface area contributed by atoms with Gasteiger partial charge in [0.1, 0.15) is 11.6 Å². The van der Waals surface area contributed by atoms with E-state index in [4.69, 9.17) is 10.5 Å². The molecule has 6 nitrogen and oxygen atoms in total. The smallest absolute Gasteiger partial charge is 0.192 e. The van der Waals surface area contributed by atoms with Crippen LogP contribution in [0.1, 0.15) is 0 Å². The average molecular weight is 285 g/mol. The molecule has 0 aliphatic carbocycles. The lowest BCUT2D eigenvalue weighted by molar-refractivity contribution is 0.416. The van der Waals surface area contributed by atoms with Crippen molar-refractivity contribution in [3.63, 3.8) is 0 Å². The van der Waals surface area contributed by atoms with Crippen LogP contribution in [-0.2, 0) is 0 Å². The molecule has 2 aromatic carbocycles. The topological polar surface area (TPSA) is 78.8 Å². The summed E-state index contributed by atoms with van der Waals surface area (Å²) < 4.78 is 20.1. The molecule has 3 aromatic rings. The van der Waals surface area contributed by atoms with E-state index in [9.17, 15) is 4.39 Å². The Labute approximate surface area is 120 Å². The van der Waals surface area contributed by atoms with Crippen molar-refractivity contribution in [2.75, 3.05) is 12.8 Å². The van der Waals surface area contributed by atoms with E-state index in [1.54, 1.807) is 30.3 Å². The lowest BCUT2D eigenvalue weighted by Crippen LogP contribution is -2.03. The zero-order valence-electron chi connectivity index (χ0n) is 11.2. The second-order valence-electron chi connectivity index (χ2n) is 4.32. The third-order valence-electron chi connectivity index (χ3n) is 3.02. The molecule has 0 saturated carbocycles. The van der Waals surface area contributed by atoms with E-state index in [-0.39, 0.29) is 5.82 Å². The molecule has 0 aliphatic rings. The third kappa shape index (κ3) is 2.29. The van der Waals surface area contributed by atoms with Gasteiger partial charge in [-0.3, -0.25) is 0 Å². The molecule has 0 atom stereocenters. The van der Waals surface area contributed by atoms with Gasteiger partial charge in [0.2, 0.25) is 0 Å². The predicted octanol–water partition coefficient (Wildman–Crippen LogP) is 2.06. The number of hydrogen-bond donors (Lipinski definition) is 1. The molecule has 106 valence electrons. The molecule has 0 unspecified atom stereocenters. The fourth-order valence-corrected chi connectivity index (χ4v) is 2.08. The van der Waals surface area contributed by atoms with Gasteiger partial charge in [0.15, 0.2) is 5.82 Å². The van der Waals surface area contributed by atoms with Gasteiger partial charge in [-0.15, -0.1) is 5.10 Å². The van der Waals surface area contributed by atoms with Crippen LogP contribution in [0.2, 0.25) is 0 Å². The largest absolute Gasteiger partial charge is 0.496 e. The van der Waals surface area contributed by atoms with Crippen LogP contribution in [0.4, 0.5) is 10.1 Å². The minimum atomic E-state index is -0.373. The van der Waals surface area contributed by atoms with Crippen LogP contribution in [0.15, 0.2) is 42.5 Å². The number of nitrogens with two attached hydrogens (primary N) is 1. The Morgan fingerprint density at radius 1 is 1.19 bits per heavy atom. The van der Waals surface area contributed by atoms with Gasteiger partial charge < -0.3 is 10.5 Å². The first-order chi connectivity index (χ1) is 10.2. The molecule has 1 heterocycles. The van der Waals surface area contributed by atoms with Crippen molar-refractivity contribution in [3.8, 4) is 22.8 Å². The van der Waals surface area contributed by atoms with Crippen LogP contribution in [0.3, 0.4) is 0 Å². The number of ether oxygens (including phenoxy) is 1. The van der Waals surface area contributed by atoms with E-state index in [1.807, 2.05) is 0 Å². The van der Waals surface area contributed by atoms with Crippen LogP contribution >= 0.6 is 0 Å². The highest BCUT2D eigenvalue weighted by Gasteiger charge is 2.18. The summed E-state index contributed by atoms with van der Waals surface area (Å²) in [6.45, 7) is 0. The molecule has 0 amide bonds. The number of nitrogen functional groups attached to an aromatic ring is 1. The lowest BCUT2D eigenvalue weighted by Gasteiger charge is -2.11. The van der Waals surface area contributed by atoms with Gasteiger partial charge in [-0.1, -0.05) is 12.1 Å². The second kappa shape index (κ2) is 5.20. The highest BCUT2D eigenvalue weighted by Crippen LogP contribution is 2.34. The zero-order chi connectivity index (χ0) is 14.8. The van der Waals surface area contributed by atoms with Crippen molar-refractivity contribution in [2.24, 2.45) is 0 Å². The molecule has 7 heteroatoms. The number of rotatable bonds is 3. The standard InChI is InChI=1S/C14H12FN5O/c1-21-12-7-3-6-11(16)13(12)14-17-18-19-20(14)10-5-2-4-9(15)8-10/h2-8H,16H2,1H3. The molecule has 0 radical (unpaired) electrons. The fourth-order valence-electron chi connectivity index (χ4n) is 2.08. The summed E-state index contributed by atoms with van der Waals surface area (Å²) in [7, 11) is 1.54. The maximum atomic E-state index is 13.4. The maximum Gasteiger partial charge on any atom is 0.192 e. The molecule has 0 fully saturated rings. The number of aromatic nitrogens is 4. The van der Waals surface area contributed by atoms with Crippen LogP contribution in [0.25, 0.3) is 17.1 Å². The minimum Gasteiger partial charge on any atom is -0.496 e. The molecule has 0 spiro atoms. The van der Waals surface area contributed by atoms with E-state index in [2.05, 4.69) is 15.5 Å². The van der Waals surface area contributed by atoms with Gasteiger partial charge in [0.25, 0.3) is 0 Å². The van der Waals surface area contributed by atoms with Gasteiger partial charge in [0, 0.05) is 5.69 Å². The average Bonchev–Trinajstić information content (AvgIpc) is 2.96. The SMILES string of the molecule is COc1cccc(N)c1-c1nnnn1-c1cccc(F)c1. The molecule has 1 aromatic heterocycles. The number of benzene rings is 2. The first kappa shape index (κ1) is 13.0. The van der Waals surface area contributed by atoms with Gasteiger partial charge >= 0.3 is 0 Å². The summed E-state index contributed by atoms with van der Waals surface area (Å²) in [5.41, 5.74) is 7.54. The van der Waals surface area contributed by atoms with Gasteiger partial charge in [-0.2, -0.15) is 4.68 Å². The van der Waals surface area contributed by atoms with Crippen molar-refractivity contribution >= 4 is 5.69 Å². The molecule has 0 saturated heterocycles. The number of anilines is 1. The highest BCUT2D eigenvalue weighted by atomic mass is 19.1. The lowest BCUT2D eigenvalue weighted by atomic mass is 10.1. The summed E-state index contributed by atoms with van der Waals surface area (Å²) >= 11 is 0. The summed E-state index contributed by atoms with van der Waals surface area (Å²) in [6.07, 6.45) is 0. The van der Waals surface area contributed by atoms with Gasteiger partial charge in [0.05, 0.1) is 18.4 Å². The number of methoxy groups -OCH3 is 1. The maximum absolute atomic E-state index is 13.4. The van der Waals surface area contributed by atoms with Crippen molar-refractivity contribution in [2.45, 2.75) is 0 Å². The summed E-state index contributed by atoms with van der Waals surface area (Å²) in [5, 5.41) is 11.5. The minimum absolute atomic E-state index is 0.373. The van der Waals surface area contributed by atoms with Crippen molar-refractivity contribution in [1.29, 1.82) is 0 Å². The number of tetrazole rings is 1. The molecular weight excluding hydrogens is 273 g/mol. The van der Waals surface area contributed by atoms with Crippen molar-refractivity contribution < 1.29 is 9.13 Å². The van der Waals surface area contributed by atoms with Crippen LogP contribution in [0, 0.1) is 5.82 Å². The first-order valence-electron chi connectivity index (χ1n) is 6.18. The fraction of sp³-hybridized carbons (Fsp3) is 0.0714. The summed E-state index contributed by atoms with van der Waals surface area (Å²) in [5.74, 6) is 0.556. The van der Waals surface area contributed by atoms with Crippen molar-refractivity contribution in [1.82, 2.24) is 20.2 Å². The van der Waals surface area contributed by atoms with Crippen LogP contribution in [0.5, 0.6) is 5.75 Å². The van der Waals surface area contributed by atoms with E-state index in [1.165, 1.54) is 23.9 Å². The first-order valence-corrected chi connectivity index (χ1v) is 6.18. The normalized spacial score (nSPS) is 10.6. The van der Waals surface area contributed by atoms with Gasteiger partial charge in [-0.25, -0.2) is 4.39 Å². The Bertz CT molecular complexity index is 787. The van der Waals surface area contributed by atoms with E-state index in [0.717, 1.165) is 0 Å². The van der Waals surface area contributed by atoms with Gasteiger partial charge in [-0.05, 0) is 40.8 Å². The molecular formula is C14H12FN5O. The Hall–Kier alpha value is -2.96. The zero-order valence-corrected chi connectivity index (χ0v) is 11.2. The molecule has 3 rings (SSSR count). The molecule has 2 N–H and O–H groups in total. The van der Waals surface area contributed by atoms with E-state index >= 15 is 0 Å². The van der Waals surface area contributed by atoms with Crippen molar-refractivity contribution in [3.05, 3.63) is 48.3 Å². The number of hydrogen-bond acceptors (Lipinski definition) is 5.